The molecule has 4 rings (SSSR count). The normalized spacial score (nSPS) is 32.3. The maximum absolute atomic E-state index is 13.7. The summed E-state index contributed by atoms with van der Waals surface area (Å²) in [6, 6.07) is 0.817. The van der Waals surface area contributed by atoms with Crippen molar-refractivity contribution >= 4 is 28.9 Å². The number of amides is 1. The molecule has 3 aliphatic rings. The molecule has 186 valence electrons. The lowest BCUT2D eigenvalue weighted by molar-refractivity contribution is -0.385. The molecule has 0 aromatic heterocycles. The lowest BCUT2D eigenvalue weighted by atomic mass is 9.54. The highest BCUT2D eigenvalue weighted by Crippen LogP contribution is 2.56. The lowest BCUT2D eigenvalue weighted by Gasteiger charge is -2.53. The van der Waals surface area contributed by atoms with E-state index in [9.17, 15) is 50.0 Å². The quantitative estimate of drug-likeness (QED) is 0.179. The van der Waals surface area contributed by atoms with Crippen molar-refractivity contribution in [1.29, 1.82) is 0 Å². The molecule has 1 saturated carbocycles. The van der Waals surface area contributed by atoms with Gasteiger partial charge in [-0.25, -0.2) is 0 Å². The molecule has 6 atom stereocenters. The number of hydrogen-bond acceptors (Lipinski definition) is 11. The number of aliphatic hydroxyl groups is 4. The van der Waals surface area contributed by atoms with E-state index in [-0.39, 0.29) is 5.56 Å². The Labute approximate surface area is 197 Å². The van der Waals surface area contributed by atoms with E-state index in [0.29, 0.717) is 0 Å². The summed E-state index contributed by atoms with van der Waals surface area (Å²) in [6.07, 6.45) is -1.73. The molecule has 3 aliphatic carbocycles. The molecule has 35 heavy (non-hydrogen) atoms. The first kappa shape index (κ1) is 24.3. The molecule has 7 N–H and O–H groups in total. The van der Waals surface area contributed by atoms with Crippen LogP contribution in [0.15, 0.2) is 29.0 Å². The van der Waals surface area contributed by atoms with Crippen LogP contribution in [0.25, 0.3) is 5.76 Å². The smallest absolute Gasteiger partial charge is 0.311 e. The molecule has 1 aromatic rings. The van der Waals surface area contributed by atoms with Crippen LogP contribution in [0, 0.1) is 22.0 Å². The fourth-order valence-electron chi connectivity index (χ4n) is 5.75. The summed E-state index contributed by atoms with van der Waals surface area (Å²) in [5.74, 6) is -10.7. The minimum absolute atomic E-state index is 0.178. The summed E-state index contributed by atoms with van der Waals surface area (Å²) < 4.78 is 0. The van der Waals surface area contributed by atoms with Crippen molar-refractivity contribution in [2.45, 2.75) is 30.6 Å². The summed E-state index contributed by atoms with van der Waals surface area (Å²) in [7, 11) is 2.81. The number of carbonyl (C=O) groups excluding carboxylic acids is 3. The minimum Gasteiger partial charge on any atom is -0.508 e. The average molecular weight is 489 g/mol. The highest BCUT2D eigenvalue weighted by atomic mass is 16.6. The van der Waals surface area contributed by atoms with Crippen LogP contribution in [-0.4, -0.2) is 84.7 Å². The molecular formula is C22H23N3O10. The number of nitro benzene ring substituents is 1. The summed E-state index contributed by atoms with van der Waals surface area (Å²) in [5, 5.41) is 66.6. The van der Waals surface area contributed by atoms with Crippen LogP contribution in [0.1, 0.15) is 24.0 Å². The molecule has 0 aliphatic heterocycles. The largest absolute Gasteiger partial charge is 0.508 e. The van der Waals surface area contributed by atoms with Crippen LogP contribution in [0.5, 0.6) is 5.75 Å². The number of phenols is 1. The van der Waals surface area contributed by atoms with Gasteiger partial charge in [-0.1, -0.05) is 13.0 Å². The lowest BCUT2D eigenvalue weighted by Crippen LogP contribution is -2.70. The number of fused-ring (bicyclic) bond motifs is 3. The number of hydrogen-bond donors (Lipinski definition) is 6. The maximum atomic E-state index is 13.7. The molecule has 13 nitrogen and oxygen atoms in total. The highest BCUT2D eigenvalue weighted by molar-refractivity contribution is 6.24. The van der Waals surface area contributed by atoms with E-state index < -0.39 is 97.6 Å². The third-order valence-electron chi connectivity index (χ3n) is 7.30. The predicted molar refractivity (Wildman–Crippen MR) is 117 cm³/mol. The monoisotopic (exact) mass is 489 g/mol. The SMILES string of the molecule is C[C@H]1c2ccc([N+](=O)[O-])c(O)c2C(O)=C2C(=O)[C@]3(O)C(O)=C(C(N)=O)C(=O)[C@@H](N(C)C)C3C(O)C21. The molecule has 0 radical (unpaired) electrons. The molecule has 0 heterocycles. The molecule has 0 spiro atoms. The number of rotatable bonds is 3. The molecule has 0 saturated heterocycles. The Kier molecular flexibility index (Phi) is 5.28. The van der Waals surface area contributed by atoms with E-state index >= 15 is 0 Å². The van der Waals surface area contributed by atoms with Gasteiger partial charge in [0.25, 0.3) is 5.91 Å². The molecule has 13 heteroatoms. The van der Waals surface area contributed by atoms with Gasteiger partial charge in [0, 0.05) is 17.6 Å². The number of nitrogens with zero attached hydrogens (tertiary/aromatic N) is 2. The zero-order chi connectivity index (χ0) is 26.3. The molecule has 1 aromatic carbocycles. The summed E-state index contributed by atoms with van der Waals surface area (Å²) in [6.45, 7) is 1.53. The van der Waals surface area contributed by atoms with Crippen LogP contribution in [0.4, 0.5) is 5.69 Å². The van der Waals surface area contributed by atoms with E-state index in [1.54, 1.807) is 0 Å². The number of aromatic hydroxyl groups is 1. The zero-order valence-corrected chi connectivity index (χ0v) is 18.8. The Morgan fingerprint density at radius 1 is 1.20 bits per heavy atom. The second kappa shape index (κ2) is 7.60. The van der Waals surface area contributed by atoms with Crippen molar-refractivity contribution in [2.24, 2.45) is 17.6 Å². The first-order chi connectivity index (χ1) is 16.2. The van der Waals surface area contributed by atoms with Crippen LogP contribution in [-0.2, 0) is 14.4 Å². The topological polar surface area (TPSA) is 225 Å². The number of phenolic OH excluding ortho intramolecular Hbond substituents is 1. The Hall–Kier alpha value is -3.81. The number of primary amides is 1. The summed E-state index contributed by atoms with van der Waals surface area (Å²) in [4.78, 5) is 50.4. The Balaban J connectivity index is 2.07. The molecule has 3 unspecified atom stereocenters. The van der Waals surface area contributed by atoms with Gasteiger partial charge in [-0.3, -0.25) is 29.4 Å². The van der Waals surface area contributed by atoms with Crippen molar-refractivity contribution < 1.29 is 44.8 Å². The third-order valence-corrected chi connectivity index (χ3v) is 7.30. The highest BCUT2D eigenvalue weighted by Gasteiger charge is 2.68. The third kappa shape index (κ3) is 2.89. The zero-order valence-electron chi connectivity index (χ0n) is 18.8. The molecule has 0 bridgehead atoms. The van der Waals surface area contributed by atoms with E-state index in [0.717, 1.165) is 6.07 Å². The number of ketones is 2. The van der Waals surface area contributed by atoms with E-state index in [4.69, 9.17) is 5.73 Å². The average Bonchev–Trinajstić information content (AvgIpc) is 2.75. The van der Waals surface area contributed by atoms with Crippen LogP contribution >= 0.6 is 0 Å². The van der Waals surface area contributed by atoms with Crippen molar-refractivity contribution in [3.63, 3.8) is 0 Å². The maximum Gasteiger partial charge on any atom is 0.311 e. The van der Waals surface area contributed by atoms with Crippen molar-refractivity contribution in [3.8, 4) is 5.75 Å². The van der Waals surface area contributed by atoms with Crippen molar-refractivity contribution in [2.75, 3.05) is 14.1 Å². The van der Waals surface area contributed by atoms with Crippen LogP contribution in [0.3, 0.4) is 0 Å². The van der Waals surface area contributed by atoms with Gasteiger partial charge >= 0.3 is 5.69 Å². The van der Waals surface area contributed by atoms with Gasteiger partial charge in [0.15, 0.2) is 11.4 Å². The summed E-state index contributed by atoms with van der Waals surface area (Å²) in [5.41, 5.74) is -0.450. The van der Waals surface area contributed by atoms with E-state index in [1.165, 1.54) is 32.0 Å². The number of benzene rings is 1. The molecule has 1 fully saturated rings. The first-order valence-corrected chi connectivity index (χ1v) is 10.5. The van der Waals surface area contributed by atoms with E-state index in [1.807, 2.05) is 0 Å². The van der Waals surface area contributed by atoms with Gasteiger partial charge in [0.2, 0.25) is 11.5 Å². The second-order valence-electron chi connectivity index (χ2n) is 9.20. The number of aliphatic hydroxyl groups excluding tert-OH is 3. The van der Waals surface area contributed by atoms with Crippen LogP contribution < -0.4 is 5.73 Å². The number of likely N-dealkylation sites (N-methyl/N-ethyl adjacent to an activating group) is 1. The van der Waals surface area contributed by atoms with Gasteiger partial charge in [-0.15, -0.1) is 0 Å². The Bertz CT molecular complexity index is 1280. The number of nitrogens with two attached hydrogens (primary N) is 1. The van der Waals surface area contributed by atoms with Gasteiger partial charge < -0.3 is 31.3 Å². The van der Waals surface area contributed by atoms with E-state index in [2.05, 4.69) is 0 Å². The van der Waals surface area contributed by atoms with Crippen molar-refractivity contribution in [1.82, 2.24) is 4.90 Å². The Morgan fingerprint density at radius 3 is 2.31 bits per heavy atom. The van der Waals surface area contributed by atoms with Gasteiger partial charge in [0.1, 0.15) is 17.1 Å². The minimum atomic E-state index is -3.04. The van der Waals surface area contributed by atoms with Crippen molar-refractivity contribution in [3.05, 3.63) is 50.3 Å². The van der Waals surface area contributed by atoms with Gasteiger partial charge in [-0.05, 0) is 25.6 Å². The molecule has 1 amide bonds. The van der Waals surface area contributed by atoms with Crippen LogP contribution in [0.2, 0.25) is 0 Å². The molecular weight excluding hydrogens is 466 g/mol. The first-order valence-electron chi connectivity index (χ1n) is 10.5. The fourth-order valence-corrected chi connectivity index (χ4v) is 5.75. The number of nitro groups is 1. The van der Waals surface area contributed by atoms with Gasteiger partial charge in [0.05, 0.1) is 28.6 Å². The standard InChI is InChI=1S/C22H23N3O10/c1-6-7-4-5-8(25(34)35)15(26)10(7)16(27)11-9(6)17(28)13-14(24(2)3)18(29)12(21(23)32)20(31)22(13,33)19(11)30/h4-6,9,13-14,17,26-28,31,33H,1-3H3,(H2,23,32)/t6-,9?,13?,14-,17?,22-/m0/s1. The second-order valence-corrected chi connectivity index (χ2v) is 9.20. The Morgan fingerprint density at radius 2 is 1.80 bits per heavy atom. The fraction of sp³-hybridized carbons (Fsp3) is 0.409. The summed E-state index contributed by atoms with van der Waals surface area (Å²) >= 11 is 0. The number of Topliss-reactive ketones (excluding diaryl/α,β-unsaturated/α-hetero) is 2. The predicted octanol–water partition coefficient (Wildman–Crippen LogP) is -0.596. The number of carbonyl (C=O) groups is 3. The van der Waals surface area contributed by atoms with Gasteiger partial charge in [-0.2, -0.15) is 0 Å².